The van der Waals surface area contributed by atoms with Crippen LogP contribution in [0.15, 0.2) is 16.6 Å². The summed E-state index contributed by atoms with van der Waals surface area (Å²) < 4.78 is 13.8. The predicted molar refractivity (Wildman–Crippen MR) is 70.5 cm³/mol. The molecular formula is C12H15BrFNO3. The van der Waals surface area contributed by atoms with Gasteiger partial charge in [-0.1, -0.05) is 0 Å². The maximum Gasteiger partial charge on any atom is 0.336 e. The van der Waals surface area contributed by atoms with Crippen LogP contribution in [0.3, 0.4) is 0 Å². The Labute approximate surface area is 113 Å². The molecule has 0 fully saturated rings. The van der Waals surface area contributed by atoms with Gasteiger partial charge in [0.2, 0.25) is 0 Å². The highest BCUT2D eigenvalue weighted by molar-refractivity contribution is 9.10. The summed E-state index contributed by atoms with van der Waals surface area (Å²) in [4.78, 5) is 10.8. The molecule has 3 N–H and O–H groups in total. The summed E-state index contributed by atoms with van der Waals surface area (Å²) in [7, 11) is 0. The minimum absolute atomic E-state index is 0.00534. The number of benzene rings is 1. The van der Waals surface area contributed by atoms with Gasteiger partial charge in [-0.25, -0.2) is 9.18 Å². The van der Waals surface area contributed by atoms with Crippen molar-refractivity contribution in [3.8, 4) is 0 Å². The van der Waals surface area contributed by atoms with Gasteiger partial charge in [-0.15, -0.1) is 0 Å². The third kappa shape index (κ3) is 3.68. The predicted octanol–water partition coefficient (Wildman–Crippen LogP) is 2.86. The van der Waals surface area contributed by atoms with Gasteiger partial charge in [-0.2, -0.15) is 0 Å². The Morgan fingerprint density at radius 3 is 2.78 bits per heavy atom. The number of carboxylic acid groups (broad SMARTS) is 1. The molecule has 1 unspecified atom stereocenters. The molecule has 4 nitrogen and oxygen atoms in total. The van der Waals surface area contributed by atoms with E-state index < -0.39 is 11.8 Å². The third-order valence-electron chi connectivity index (χ3n) is 2.51. The first kappa shape index (κ1) is 14.9. The molecule has 0 heterocycles. The van der Waals surface area contributed by atoms with E-state index in [1.807, 2.05) is 6.92 Å². The van der Waals surface area contributed by atoms with Gasteiger partial charge in [0.15, 0.2) is 5.82 Å². The van der Waals surface area contributed by atoms with Gasteiger partial charge in [0.25, 0.3) is 0 Å². The number of anilines is 1. The standard InChI is InChI=1S/C12H15BrFNO3/c1-7(3-2-6-16)15-9-5-4-8(12(17)18)10(13)11(9)14/h4-5,7,15-16H,2-3,6H2,1H3,(H,17,18). The molecule has 0 radical (unpaired) electrons. The van der Waals surface area contributed by atoms with Gasteiger partial charge in [0.05, 0.1) is 15.7 Å². The number of hydrogen-bond acceptors (Lipinski definition) is 3. The zero-order valence-electron chi connectivity index (χ0n) is 9.91. The fourth-order valence-electron chi connectivity index (χ4n) is 1.56. The van der Waals surface area contributed by atoms with Crippen LogP contribution in [-0.2, 0) is 0 Å². The van der Waals surface area contributed by atoms with Gasteiger partial charge in [0.1, 0.15) is 0 Å². The van der Waals surface area contributed by atoms with E-state index in [2.05, 4.69) is 21.2 Å². The van der Waals surface area contributed by atoms with Crippen molar-refractivity contribution in [2.24, 2.45) is 0 Å². The van der Waals surface area contributed by atoms with Crippen LogP contribution < -0.4 is 5.32 Å². The summed E-state index contributed by atoms with van der Waals surface area (Å²) in [6.45, 7) is 1.96. The molecule has 1 aromatic rings. The number of rotatable bonds is 6. The number of carbonyl (C=O) groups is 1. The van der Waals surface area contributed by atoms with Gasteiger partial charge in [-0.3, -0.25) is 0 Å². The largest absolute Gasteiger partial charge is 0.478 e. The number of nitrogens with one attached hydrogen (secondary N) is 1. The van der Waals surface area contributed by atoms with Gasteiger partial charge in [0, 0.05) is 12.6 Å². The first-order chi connectivity index (χ1) is 8.47. The highest BCUT2D eigenvalue weighted by atomic mass is 79.9. The lowest BCUT2D eigenvalue weighted by Gasteiger charge is -2.16. The van der Waals surface area contributed by atoms with E-state index in [0.717, 1.165) is 0 Å². The number of hydrogen-bond donors (Lipinski definition) is 3. The molecule has 1 aromatic carbocycles. The quantitative estimate of drug-likeness (QED) is 0.754. The number of aliphatic hydroxyl groups excluding tert-OH is 1. The molecule has 0 aliphatic heterocycles. The van der Waals surface area contributed by atoms with E-state index in [1.165, 1.54) is 12.1 Å². The van der Waals surface area contributed by atoms with Crippen molar-refractivity contribution in [1.82, 2.24) is 0 Å². The van der Waals surface area contributed by atoms with Crippen LogP contribution in [0.1, 0.15) is 30.1 Å². The van der Waals surface area contributed by atoms with Crippen LogP contribution in [0.4, 0.5) is 10.1 Å². The number of aromatic carboxylic acids is 1. The van der Waals surface area contributed by atoms with E-state index in [4.69, 9.17) is 10.2 Å². The van der Waals surface area contributed by atoms with Crippen LogP contribution in [-0.4, -0.2) is 28.8 Å². The molecule has 0 aromatic heterocycles. The van der Waals surface area contributed by atoms with E-state index in [1.54, 1.807) is 0 Å². The second kappa shape index (κ2) is 6.70. The topological polar surface area (TPSA) is 69.6 Å². The molecule has 0 aliphatic rings. The molecule has 0 amide bonds. The van der Waals surface area contributed by atoms with Gasteiger partial charge >= 0.3 is 5.97 Å². The second-order valence-electron chi connectivity index (χ2n) is 4.01. The molecule has 0 aliphatic carbocycles. The van der Waals surface area contributed by atoms with Crippen molar-refractivity contribution in [2.75, 3.05) is 11.9 Å². The number of halogens is 2. The smallest absolute Gasteiger partial charge is 0.336 e. The second-order valence-corrected chi connectivity index (χ2v) is 4.80. The molecule has 1 atom stereocenters. The Hall–Kier alpha value is -1.14. The molecule has 1 rings (SSSR count). The molecule has 0 bridgehead atoms. The van der Waals surface area contributed by atoms with Crippen molar-refractivity contribution < 1.29 is 19.4 Å². The third-order valence-corrected chi connectivity index (χ3v) is 3.29. The summed E-state index contributed by atoms with van der Waals surface area (Å²) in [6.07, 6.45) is 1.33. The van der Waals surface area contributed by atoms with Crippen molar-refractivity contribution >= 4 is 27.6 Å². The highest BCUT2D eigenvalue weighted by Gasteiger charge is 2.16. The maximum absolute atomic E-state index is 13.9. The summed E-state index contributed by atoms with van der Waals surface area (Å²) in [5.41, 5.74) is 0.137. The fraction of sp³-hybridized carbons (Fsp3) is 0.417. The zero-order valence-corrected chi connectivity index (χ0v) is 11.5. The van der Waals surface area contributed by atoms with Crippen molar-refractivity contribution in [1.29, 1.82) is 0 Å². The Kier molecular flexibility index (Phi) is 5.55. The van der Waals surface area contributed by atoms with Gasteiger partial charge in [-0.05, 0) is 47.8 Å². The van der Waals surface area contributed by atoms with E-state index >= 15 is 0 Å². The molecule has 0 spiro atoms. The van der Waals surface area contributed by atoms with E-state index in [0.29, 0.717) is 12.8 Å². The van der Waals surface area contributed by atoms with Crippen LogP contribution in [0.5, 0.6) is 0 Å². The normalized spacial score (nSPS) is 12.2. The van der Waals surface area contributed by atoms with Gasteiger partial charge < -0.3 is 15.5 Å². The lowest BCUT2D eigenvalue weighted by Crippen LogP contribution is -2.17. The summed E-state index contributed by atoms with van der Waals surface area (Å²) in [6, 6.07) is 2.74. The van der Waals surface area contributed by atoms with E-state index in [-0.39, 0.29) is 28.4 Å². The molecular weight excluding hydrogens is 305 g/mol. The van der Waals surface area contributed by atoms with Crippen LogP contribution in [0.2, 0.25) is 0 Å². The highest BCUT2D eigenvalue weighted by Crippen LogP contribution is 2.27. The SMILES string of the molecule is CC(CCCO)Nc1ccc(C(=O)O)c(Br)c1F. The van der Waals surface area contributed by atoms with Crippen LogP contribution in [0.25, 0.3) is 0 Å². The summed E-state index contributed by atoms with van der Waals surface area (Å²) >= 11 is 2.94. The minimum Gasteiger partial charge on any atom is -0.478 e. The number of aliphatic hydroxyl groups is 1. The summed E-state index contributed by atoms with van der Waals surface area (Å²) in [5.74, 6) is -1.80. The van der Waals surface area contributed by atoms with E-state index in [9.17, 15) is 9.18 Å². The molecule has 18 heavy (non-hydrogen) atoms. The average Bonchev–Trinajstić information content (AvgIpc) is 2.32. The molecule has 100 valence electrons. The van der Waals surface area contributed by atoms with Crippen molar-refractivity contribution in [3.63, 3.8) is 0 Å². The first-order valence-electron chi connectivity index (χ1n) is 5.56. The van der Waals surface area contributed by atoms with Crippen molar-refractivity contribution in [2.45, 2.75) is 25.8 Å². The van der Waals surface area contributed by atoms with Crippen LogP contribution >= 0.6 is 15.9 Å². The molecule has 0 saturated heterocycles. The minimum atomic E-state index is -1.18. The maximum atomic E-state index is 13.9. The Morgan fingerprint density at radius 1 is 1.56 bits per heavy atom. The monoisotopic (exact) mass is 319 g/mol. The molecule has 0 saturated carbocycles. The molecule has 6 heteroatoms. The Morgan fingerprint density at radius 2 is 2.22 bits per heavy atom. The van der Waals surface area contributed by atoms with Crippen LogP contribution in [0, 0.1) is 5.82 Å². The zero-order chi connectivity index (χ0) is 13.7. The number of carboxylic acids is 1. The lowest BCUT2D eigenvalue weighted by molar-refractivity contribution is 0.0695. The lowest BCUT2D eigenvalue weighted by atomic mass is 10.1. The fourth-order valence-corrected chi connectivity index (χ4v) is 2.08. The van der Waals surface area contributed by atoms with Crippen molar-refractivity contribution in [3.05, 3.63) is 28.0 Å². The first-order valence-corrected chi connectivity index (χ1v) is 6.35. The average molecular weight is 320 g/mol. The Balaban J connectivity index is 2.85. The summed E-state index contributed by atoms with van der Waals surface area (Å²) in [5, 5.41) is 20.5. The Bertz CT molecular complexity index is 440.